The molecule has 0 amide bonds. The van der Waals surface area contributed by atoms with Crippen molar-refractivity contribution in [2.45, 2.75) is 70.5 Å². The molecule has 0 aliphatic heterocycles. The van der Waals surface area contributed by atoms with Gasteiger partial charge in [0, 0.05) is 18.6 Å². The van der Waals surface area contributed by atoms with Gasteiger partial charge >= 0.3 is 5.97 Å². The van der Waals surface area contributed by atoms with Crippen LogP contribution < -0.4 is 5.32 Å². The van der Waals surface area contributed by atoms with Gasteiger partial charge in [-0.2, -0.15) is 0 Å². The maximum absolute atomic E-state index is 12.1. The van der Waals surface area contributed by atoms with Crippen molar-refractivity contribution in [1.29, 1.82) is 0 Å². The molecule has 2 rings (SSSR count). The van der Waals surface area contributed by atoms with Crippen molar-refractivity contribution >= 4 is 5.97 Å². The monoisotopic (exact) mass is 282 g/mol. The zero-order valence-corrected chi connectivity index (χ0v) is 13.2. The van der Waals surface area contributed by atoms with Crippen LogP contribution in [0.4, 0.5) is 0 Å². The van der Waals surface area contributed by atoms with Crippen LogP contribution in [0.25, 0.3) is 0 Å². The highest BCUT2D eigenvalue weighted by Crippen LogP contribution is 2.27. The van der Waals surface area contributed by atoms with Crippen LogP contribution in [0, 0.1) is 5.92 Å². The number of rotatable bonds is 7. The Hall–Kier alpha value is -0.610. The summed E-state index contributed by atoms with van der Waals surface area (Å²) in [6.45, 7) is 5.45. The van der Waals surface area contributed by atoms with E-state index in [9.17, 15) is 4.79 Å². The highest BCUT2D eigenvalue weighted by molar-refractivity contribution is 5.76. The van der Waals surface area contributed by atoms with E-state index in [1.165, 1.54) is 38.5 Å². The highest BCUT2D eigenvalue weighted by Gasteiger charge is 2.32. The Bertz CT molecular complexity index is 318. The SMILES string of the molecule is CCOC(=O)C(CN(C)C1CCCCC1C)NC1CC1. The Balaban J connectivity index is 1.89. The van der Waals surface area contributed by atoms with Crippen LogP contribution in [0.3, 0.4) is 0 Å². The number of ether oxygens (including phenoxy) is 1. The average molecular weight is 282 g/mol. The average Bonchev–Trinajstić information content (AvgIpc) is 3.22. The third-order valence-corrected chi connectivity index (χ3v) is 4.69. The summed E-state index contributed by atoms with van der Waals surface area (Å²) >= 11 is 0. The van der Waals surface area contributed by atoms with Crippen LogP contribution in [0.2, 0.25) is 0 Å². The van der Waals surface area contributed by atoms with Crippen molar-refractivity contribution < 1.29 is 9.53 Å². The number of esters is 1. The zero-order valence-electron chi connectivity index (χ0n) is 13.2. The van der Waals surface area contributed by atoms with Gasteiger partial charge in [0.05, 0.1) is 6.61 Å². The van der Waals surface area contributed by atoms with Gasteiger partial charge in [0.15, 0.2) is 0 Å². The Morgan fingerprint density at radius 3 is 2.60 bits per heavy atom. The third kappa shape index (κ3) is 4.45. The smallest absolute Gasteiger partial charge is 0.324 e. The highest BCUT2D eigenvalue weighted by atomic mass is 16.5. The fraction of sp³-hybridized carbons (Fsp3) is 0.938. The molecule has 0 heterocycles. The van der Waals surface area contributed by atoms with E-state index in [2.05, 4.69) is 24.2 Å². The lowest BCUT2D eigenvalue weighted by molar-refractivity contribution is -0.146. The van der Waals surface area contributed by atoms with Crippen LogP contribution in [0.1, 0.15) is 52.4 Å². The first-order valence-electron chi connectivity index (χ1n) is 8.24. The molecule has 0 aromatic rings. The summed E-state index contributed by atoms with van der Waals surface area (Å²) in [5.74, 6) is 0.646. The molecule has 116 valence electrons. The van der Waals surface area contributed by atoms with Crippen molar-refractivity contribution in [2.24, 2.45) is 5.92 Å². The Morgan fingerprint density at radius 1 is 1.30 bits per heavy atom. The van der Waals surface area contributed by atoms with E-state index < -0.39 is 0 Å². The van der Waals surface area contributed by atoms with Gasteiger partial charge < -0.3 is 15.0 Å². The molecule has 0 bridgehead atoms. The number of hydrogen-bond acceptors (Lipinski definition) is 4. The molecule has 0 spiro atoms. The summed E-state index contributed by atoms with van der Waals surface area (Å²) in [5.41, 5.74) is 0. The van der Waals surface area contributed by atoms with Crippen LogP contribution in [-0.2, 0) is 9.53 Å². The first-order chi connectivity index (χ1) is 9.61. The second-order valence-electron chi connectivity index (χ2n) is 6.51. The van der Waals surface area contributed by atoms with Gasteiger partial charge in [0.1, 0.15) is 6.04 Å². The maximum Gasteiger partial charge on any atom is 0.324 e. The quantitative estimate of drug-likeness (QED) is 0.727. The number of carbonyl (C=O) groups excluding carboxylic acids is 1. The van der Waals surface area contributed by atoms with E-state index >= 15 is 0 Å². The van der Waals surface area contributed by atoms with Crippen molar-refractivity contribution in [3.63, 3.8) is 0 Å². The van der Waals surface area contributed by atoms with Crippen LogP contribution in [0.15, 0.2) is 0 Å². The standard InChI is InChI=1S/C16H30N2O2/c1-4-20-16(19)14(17-13-9-10-13)11-18(3)15-8-6-5-7-12(15)2/h12-15,17H,4-11H2,1-3H3. The lowest BCUT2D eigenvalue weighted by atomic mass is 9.85. The molecule has 0 saturated heterocycles. The number of likely N-dealkylation sites (N-methyl/N-ethyl adjacent to an activating group) is 1. The number of nitrogens with one attached hydrogen (secondary N) is 1. The van der Waals surface area contributed by atoms with Gasteiger partial charge in [-0.1, -0.05) is 19.8 Å². The summed E-state index contributed by atoms with van der Waals surface area (Å²) in [4.78, 5) is 14.5. The predicted octanol–water partition coefficient (Wildman–Crippen LogP) is 2.18. The topological polar surface area (TPSA) is 41.6 Å². The second kappa shape index (κ2) is 7.41. The minimum Gasteiger partial charge on any atom is -0.465 e. The van der Waals surface area contributed by atoms with E-state index in [-0.39, 0.29) is 12.0 Å². The molecule has 0 radical (unpaired) electrons. The Kier molecular flexibility index (Phi) is 5.85. The molecule has 3 atom stereocenters. The van der Waals surface area contributed by atoms with Crippen molar-refractivity contribution in [2.75, 3.05) is 20.2 Å². The molecular formula is C16H30N2O2. The molecule has 2 aliphatic carbocycles. The molecule has 2 aliphatic rings. The van der Waals surface area contributed by atoms with Crippen LogP contribution >= 0.6 is 0 Å². The molecule has 0 aromatic heterocycles. The van der Waals surface area contributed by atoms with Gasteiger partial charge in [-0.25, -0.2) is 0 Å². The molecule has 4 nitrogen and oxygen atoms in total. The van der Waals surface area contributed by atoms with Crippen molar-refractivity contribution in [1.82, 2.24) is 10.2 Å². The zero-order chi connectivity index (χ0) is 14.5. The fourth-order valence-electron chi connectivity index (χ4n) is 3.35. The van der Waals surface area contributed by atoms with E-state index in [4.69, 9.17) is 4.74 Å². The first-order valence-corrected chi connectivity index (χ1v) is 8.24. The summed E-state index contributed by atoms with van der Waals surface area (Å²) in [7, 11) is 2.16. The second-order valence-corrected chi connectivity index (χ2v) is 6.51. The lowest BCUT2D eigenvalue weighted by Crippen LogP contribution is -2.51. The van der Waals surface area contributed by atoms with Crippen molar-refractivity contribution in [3.8, 4) is 0 Å². The Labute approximate surface area is 123 Å². The molecule has 0 aromatic carbocycles. The van der Waals surface area contributed by atoms with Crippen LogP contribution in [0.5, 0.6) is 0 Å². The van der Waals surface area contributed by atoms with Gasteiger partial charge in [0.25, 0.3) is 0 Å². The molecule has 2 fully saturated rings. The largest absolute Gasteiger partial charge is 0.465 e. The molecule has 4 heteroatoms. The minimum absolute atomic E-state index is 0.0882. The number of carbonyl (C=O) groups is 1. The van der Waals surface area contributed by atoms with Gasteiger partial charge in [-0.05, 0) is 45.6 Å². The third-order valence-electron chi connectivity index (χ3n) is 4.69. The van der Waals surface area contributed by atoms with Gasteiger partial charge in [-0.3, -0.25) is 4.79 Å². The van der Waals surface area contributed by atoms with E-state index in [1.54, 1.807) is 0 Å². The molecule has 20 heavy (non-hydrogen) atoms. The fourth-order valence-corrected chi connectivity index (χ4v) is 3.35. The summed E-state index contributed by atoms with van der Waals surface area (Å²) in [5, 5.41) is 3.44. The van der Waals surface area contributed by atoms with Gasteiger partial charge in [-0.15, -0.1) is 0 Å². The first kappa shape index (κ1) is 15.8. The molecular weight excluding hydrogens is 252 g/mol. The molecule has 1 N–H and O–H groups in total. The van der Waals surface area contributed by atoms with Crippen molar-refractivity contribution in [3.05, 3.63) is 0 Å². The Morgan fingerprint density at radius 2 is 2.00 bits per heavy atom. The number of nitrogens with zero attached hydrogens (tertiary/aromatic N) is 1. The number of hydrogen-bond donors (Lipinski definition) is 1. The van der Waals surface area contributed by atoms with E-state index in [1.807, 2.05) is 6.92 Å². The summed E-state index contributed by atoms with van der Waals surface area (Å²) in [6.07, 6.45) is 7.64. The summed E-state index contributed by atoms with van der Waals surface area (Å²) < 4.78 is 5.22. The lowest BCUT2D eigenvalue weighted by Gasteiger charge is -2.37. The normalized spacial score (nSPS) is 28.4. The van der Waals surface area contributed by atoms with E-state index in [0.29, 0.717) is 18.7 Å². The van der Waals surface area contributed by atoms with Crippen LogP contribution in [-0.4, -0.2) is 49.2 Å². The molecule has 3 unspecified atom stereocenters. The summed E-state index contributed by atoms with van der Waals surface area (Å²) in [6, 6.07) is 0.977. The molecule has 2 saturated carbocycles. The van der Waals surface area contributed by atoms with E-state index in [0.717, 1.165) is 12.5 Å². The maximum atomic E-state index is 12.1. The predicted molar refractivity (Wildman–Crippen MR) is 80.6 cm³/mol. The minimum atomic E-state index is -0.165. The van der Waals surface area contributed by atoms with Gasteiger partial charge in [0.2, 0.25) is 0 Å².